The van der Waals surface area contributed by atoms with E-state index < -0.39 is 5.54 Å². The van der Waals surface area contributed by atoms with Crippen LogP contribution in [0, 0.1) is 0 Å². The first-order valence-electron chi connectivity index (χ1n) is 7.57. The number of nitrogens with one attached hydrogen (secondary N) is 1. The lowest BCUT2D eigenvalue weighted by Gasteiger charge is -2.36. The van der Waals surface area contributed by atoms with E-state index in [0.29, 0.717) is 6.04 Å². The van der Waals surface area contributed by atoms with Gasteiger partial charge in [-0.15, -0.1) is 0 Å². The van der Waals surface area contributed by atoms with Crippen LogP contribution in [0.3, 0.4) is 0 Å². The predicted octanol–water partition coefficient (Wildman–Crippen LogP) is 1.42. The molecule has 0 aromatic rings. The molecule has 0 aromatic carbocycles. The van der Waals surface area contributed by atoms with Crippen LogP contribution in [0.1, 0.15) is 40.0 Å². The molecule has 118 valence electrons. The summed E-state index contributed by atoms with van der Waals surface area (Å²) < 4.78 is 10.4. The number of carbonyl (C=O) groups excluding carboxylic acids is 1. The molecule has 20 heavy (non-hydrogen) atoms. The molecule has 1 fully saturated rings. The number of esters is 1. The zero-order chi connectivity index (χ0) is 15.2. The fraction of sp³-hybridized carbons (Fsp3) is 0.933. The van der Waals surface area contributed by atoms with Crippen molar-refractivity contribution >= 4 is 5.97 Å². The lowest BCUT2D eigenvalue weighted by atomic mass is 9.92. The molecule has 1 N–H and O–H groups in total. The Hall–Kier alpha value is -0.650. The summed E-state index contributed by atoms with van der Waals surface area (Å²) >= 11 is 0. The third kappa shape index (κ3) is 4.43. The zero-order valence-electron chi connectivity index (χ0n) is 13.6. The van der Waals surface area contributed by atoms with E-state index in [2.05, 4.69) is 31.1 Å². The number of carbonyl (C=O) groups is 1. The highest BCUT2D eigenvalue weighted by Crippen LogP contribution is 2.21. The van der Waals surface area contributed by atoms with E-state index in [9.17, 15) is 4.79 Å². The van der Waals surface area contributed by atoms with Crippen molar-refractivity contribution < 1.29 is 14.3 Å². The highest BCUT2D eigenvalue weighted by atomic mass is 16.5. The smallest absolute Gasteiger partial charge is 0.325 e. The standard InChI is InChI=1S/C15H30N2O3/c1-6-8-16-15(3,14(18)19-5)10-12(2)17(4)13-7-9-20-11-13/h12-13,16H,6-11H2,1-5H3. The summed E-state index contributed by atoms with van der Waals surface area (Å²) in [5.41, 5.74) is -0.627. The van der Waals surface area contributed by atoms with Gasteiger partial charge in [-0.25, -0.2) is 0 Å². The second kappa shape index (κ2) is 7.96. The summed E-state index contributed by atoms with van der Waals surface area (Å²) in [6.45, 7) is 8.63. The monoisotopic (exact) mass is 286 g/mol. The zero-order valence-corrected chi connectivity index (χ0v) is 13.6. The Bertz CT molecular complexity index is 305. The number of ether oxygens (including phenoxy) is 2. The fourth-order valence-electron chi connectivity index (χ4n) is 2.79. The van der Waals surface area contributed by atoms with Crippen LogP contribution >= 0.6 is 0 Å². The van der Waals surface area contributed by atoms with E-state index in [1.807, 2.05) is 6.92 Å². The highest BCUT2D eigenvalue weighted by molar-refractivity contribution is 5.80. The molecule has 1 heterocycles. The molecule has 0 spiro atoms. The summed E-state index contributed by atoms with van der Waals surface area (Å²) in [4.78, 5) is 14.4. The first-order chi connectivity index (χ1) is 9.44. The molecule has 1 aliphatic rings. The lowest BCUT2D eigenvalue weighted by molar-refractivity contribution is -0.148. The van der Waals surface area contributed by atoms with Gasteiger partial charge in [0.05, 0.1) is 13.7 Å². The van der Waals surface area contributed by atoms with Crippen molar-refractivity contribution in [2.75, 3.05) is 33.9 Å². The number of hydrogen-bond donors (Lipinski definition) is 1. The van der Waals surface area contributed by atoms with E-state index in [-0.39, 0.29) is 12.0 Å². The molecule has 0 aromatic heterocycles. The van der Waals surface area contributed by atoms with Gasteiger partial charge >= 0.3 is 5.97 Å². The van der Waals surface area contributed by atoms with Gasteiger partial charge in [0.2, 0.25) is 0 Å². The van der Waals surface area contributed by atoms with Gasteiger partial charge in [0.15, 0.2) is 0 Å². The van der Waals surface area contributed by atoms with Crippen LogP contribution in [0.2, 0.25) is 0 Å². The molecule has 0 radical (unpaired) electrons. The van der Waals surface area contributed by atoms with Crippen molar-refractivity contribution in [3.63, 3.8) is 0 Å². The van der Waals surface area contributed by atoms with Crippen LogP contribution < -0.4 is 5.32 Å². The fourth-order valence-corrected chi connectivity index (χ4v) is 2.79. The topological polar surface area (TPSA) is 50.8 Å². The van der Waals surface area contributed by atoms with Crippen LogP contribution in [0.5, 0.6) is 0 Å². The molecule has 3 unspecified atom stereocenters. The second-order valence-corrected chi connectivity index (χ2v) is 5.99. The van der Waals surface area contributed by atoms with Gasteiger partial charge in [0, 0.05) is 18.7 Å². The summed E-state index contributed by atoms with van der Waals surface area (Å²) in [6.07, 6.45) is 2.79. The van der Waals surface area contributed by atoms with Crippen molar-refractivity contribution in [3.05, 3.63) is 0 Å². The average molecular weight is 286 g/mol. The average Bonchev–Trinajstić information content (AvgIpc) is 2.97. The van der Waals surface area contributed by atoms with Crippen molar-refractivity contribution in [2.45, 2.75) is 57.7 Å². The second-order valence-electron chi connectivity index (χ2n) is 5.99. The van der Waals surface area contributed by atoms with Gasteiger partial charge in [-0.3, -0.25) is 9.69 Å². The number of likely N-dealkylation sites (N-methyl/N-ethyl adjacent to an activating group) is 1. The molecule has 0 saturated carbocycles. The van der Waals surface area contributed by atoms with E-state index in [1.54, 1.807) is 0 Å². The quantitative estimate of drug-likeness (QED) is 0.684. The summed E-state index contributed by atoms with van der Waals surface area (Å²) in [5.74, 6) is -0.186. The van der Waals surface area contributed by atoms with E-state index in [1.165, 1.54) is 7.11 Å². The molecule has 1 rings (SSSR count). The summed E-state index contributed by atoms with van der Waals surface area (Å²) in [5, 5.41) is 3.34. The molecule has 0 amide bonds. The van der Waals surface area contributed by atoms with Crippen LogP contribution in [-0.2, 0) is 14.3 Å². The Balaban J connectivity index is 2.64. The molecule has 1 aliphatic heterocycles. The summed E-state index contributed by atoms with van der Waals surface area (Å²) in [6, 6.07) is 0.744. The number of methoxy groups -OCH3 is 1. The molecule has 3 atom stereocenters. The van der Waals surface area contributed by atoms with Crippen LogP contribution in [0.25, 0.3) is 0 Å². The SMILES string of the molecule is CCCNC(C)(CC(C)N(C)C1CCOC1)C(=O)OC. The first kappa shape index (κ1) is 17.4. The molecule has 0 bridgehead atoms. The van der Waals surface area contributed by atoms with Gasteiger partial charge in [-0.05, 0) is 46.7 Å². The third-order valence-corrected chi connectivity index (χ3v) is 4.28. The highest BCUT2D eigenvalue weighted by Gasteiger charge is 2.37. The molecule has 5 nitrogen and oxygen atoms in total. The van der Waals surface area contributed by atoms with E-state index >= 15 is 0 Å². The van der Waals surface area contributed by atoms with Crippen molar-refractivity contribution in [3.8, 4) is 0 Å². The van der Waals surface area contributed by atoms with Crippen LogP contribution in [0.4, 0.5) is 0 Å². The minimum Gasteiger partial charge on any atom is -0.468 e. The Kier molecular flexibility index (Phi) is 6.92. The summed E-state index contributed by atoms with van der Waals surface area (Å²) in [7, 11) is 3.56. The number of nitrogens with zero attached hydrogens (tertiary/aromatic N) is 1. The molecule has 1 saturated heterocycles. The first-order valence-corrected chi connectivity index (χ1v) is 7.57. The van der Waals surface area contributed by atoms with Crippen molar-refractivity contribution in [1.82, 2.24) is 10.2 Å². The molecular weight excluding hydrogens is 256 g/mol. The van der Waals surface area contributed by atoms with Gasteiger partial charge in [0.25, 0.3) is 0 Å². The maximum absolute atomic E-state index is 12.1. The molecule has 0 aliphatic carbocycles. The maximum atomic E-state index is 12.1. The van der Waals surface area contributed by atoms with Crippen molar-refractivity contribution in [1.29, 1.82) is 0 Å². The van der Waals surface area contributed by atoms with E-state index in [0.717, 1.165) is 39.0 Å². The van der Waals surface area contributed by atoms with E-state index in [4.69, 9.17) is 9.47 Å². The third-order valence-electron chi connectivity index (χ3n) is 4.28. The Morgan fingerprint density at radius 1 is 1.60 bits per heavy atom. The lowest BCUT2D eigenvalue weighted by Crippen LogP contribution is -2.54. The largest absolute Gasteiger partial charge is 0.468 e. The Morgan fingerprint density at radius 3 is 2.80 bits per heavy atom. The molecule has 5 heteroatoms. The number of rotatable bonds is 8. The van der Waals surface area contributed by atoms with Crippen molar-refractivity contribution in [2.24, 2.45) is 0 Å². The Labute approximate surface area is 123 Å². The van der Waals surface area contributed by atoms with Crippen LogP contribution in [-0.4, -0.2) is 62.4 Å². The minimum atomic E-state index is -0.627. The minimum absolute atomic E-state index is 0.186. The van der Waals surface area contributed by atoms with Gasteiger partial charge in [-0.2, -0.15) is 0 Å². The van der Waals surface area contributed by atoms with Gasteiger partial charge < -0.3 is 14.8 Å². The predicted molar refractivity (Wildman–Crippen MR) is 79.8 cm³/mol. The maximum Gasteiger partial charge on any atom is 0.325 e. The Morgan fingerprint density at radius 2 is 2.30 bits per heavy atom. The van der Waals surface area contributed by atoms with Gasteiger partial charge in [0.1, 0.15) is 5.54 Å². The normalized spacial score (nSPS) is 23.6. The molecular formula is C15H30N2O3. The van der Waals surface area contributed by atoms with Crippen LogP contribution in [0.15, 0.2) is 0 Å². The van der Waals surface area contributed by atoms with Gasteiger partial charge in [-0.1, -0.05) is 6.92 Å². The number of hydrogen-bond acceptors (Lipinski definition) is 5.